The summed E-state index contributed by atoms with van der Waals surface area (Å²) in [4.78, 5) is 26.4. The Bertz CT molecular complexity index is 1020. The predicted octanol–water partition coefficient (Wildman–Crippen LogP) is 3.52. The molecule has 0 bridgehead atoms. The van der Waals surface area contributed by atoms with Crippen LogP contribution < -0.4 is 10.6 Å². The maximum atomic E-state index is 12.4. The zero-order chi connectivity index (χ0) is 23.0. The molecule has 0 spiro atoms. The summed E-state index contributed by atoms with van der Waals surface area (Å²) in [7, 11) is 0. The van der Waals surface area contributed by atoms with E-state index in [4.69, 9.17) is 0 Å². The molecule has 0 unspecified atom stereocenters. The van der Waals surface area contributed by atoms with Crippen LogP contribution in [0, 0.1) is 0 Å². The molecule has 2 N–H and O–H groups in total. The Labute approximate surface area is 189 Å². The van der Waals surface area contributed by atoms with Crippen LogP contribution in [0.3, 0.4) is 0 Å². The minimum Gasteiger partial charge on any atom is -0.462 e. The van der Waals surface area contributed by atoms with Gasteiger partial charge in [0.2, 0.25) is 0 Å². The van der Waals surface area contributed by atoms with Crippen molar-refractivity contribution < 1.29 is 14.3 Å². The Kier molecular flexibility index (Phi) is 8.00. The molecule has 2 heterocycles. The van der Waals surface area contributed by atoms with Gasteiger partial charge in [-0.15, -0.1) is 0 Å². The molecule has 2 aromatic carbocycles. The highest BCUT2D eigenvalue weighted by molar-refractivity contribution is 5.94. The van der Waals surface area contributed by atoms with Gasteiger partial charge in [0.05, 0.1) is 17.4 Å². The summed E-state index contributed by atoms with van der Waals surface area (Å²) in [5.74, 6) is 0.0199. The van der Waals surface area contributed by atoms with Crippen LogP contribution in [0.4, 0.5) is 0 Å². The van der Waals surface area contributed by atoms with Gasteiger partial charge in [-0.25, -0.2) is 4.98 Å². The summed E-state index contributed by atoms with van der Waals surface area (Å²) >= 11 is 0. The number of amides is 1. The number of aromatic nitrogens is 2. The maximum Gasteiger partial charge on any atom is 0.293 e. The van der Waals surface area contributed by atoms with Gasteiger partial charge in [0.1, 0.15) is 5.60 Å². The normalized spacial score (nSPS) is 14.3. The number of imidazole rings is 1. The first-order valence-electron chi connectivity index (χ1n) is 11.0. The number of carbonyl (C=O) groups is 2. The van der Waals surface area contributed by atoms with Crippen molar-refractivity contribution in [1.82, 2.24) is 20.2 Å². The van der Waals surface area contributed by atoms with Gasteiger partial charge in [0.15, 0.2) is 0 Å². The molecule has 0 saturated carbocycles. The molecule has 4 rings (SSSR count). The number of nitrogens with zero attached hydrogens (tertiary/aromatic N) is 2. The molecular formula is C25H32N4O3. The van der Waals surface area contributed by atoms with Crippen molar-refractivity contribution in [3.8, 4) is 0 Å². The fraction of sp³-hybridized carbons (Fsp3) is 0.400. The number of hydrogen-bond donors (Lipinski definition) is 2. The molecule has 32 heavy (non-hydrogen) atoms. The van der Waals surface area contributed by atoms with Crippen molar-refractivity contribution in [2.24, 2.45) is 0 Å². The van der Waals surface area contributed by atoms with Crippen molar-refractivity contribution in [2.45, 2.75) is 51.8 Å². The van der Waals surface area contributed by atoms with Crippen molar-refractivity contribution in [3.63, 3.8) is 0 Å². The molecule has 3 aromatic rings. The highest BCUT2D eigenvalue weighted by Gasteiger charge is 2.16. The van der Waals surface area contributed by atoms with Crippen molar-refractivity contribution in [1.29, 1.82) is 0 Å². The molecule has 1 aromatic heterocycles. The lowest BCUT2D eigenvalue weighted by Gasteiger charge is -2.23. The average molecular weight is 437 g/mol. The third kappa shape index (κ3) is 6.92. The molecule has 7 heteroatoms. The first kappa shape index (κ1) is 23.5. The monoisotopic (exact) mass is 436 g/mol. The van der Waals surface area contributed by atoms with Crippen LogP contribution >= 0.6 is 0 Å². The van der Waals surface area contributed by atoms with Crippen LogP contribution in [0.5, 0.6) is 0 Å². The molecular weight excluding hydrogens is 404 g/mol. The standard InChI is InChI=1S/C20H22N4O.C5H10O2/c25-20(23-17-9-11-21-12-10-17)16-7-5-15(6-8-16)13-24-14-22-18-3-1-2-4-19(18)24;1-5(2,3)7-4-6/h1-8,14,17,21H,9-13H2,(H,23,25);4H,1-3H3. The summed E-state index contributed by atoms with van der Waals surface area (Å²) < 4.78 is 6.67. The minimum atomic E-state index is -0.318. The Morgan fingerprint density at radius 1 is 1.16 bits per heavy atom. The van der Waals surface area contributed by atoms with Crippen LogP contribution in [0.2, 0.25) is 0 Å². The van der Waals surface area contributed by atoms with Gasteiger partial charge in [-0.3, -0.25) is 9.59 Å². The van der Waals surface area contributed by atoms with Crippen LogP contribution in [0.25, 0.3) is 11.0 Å². The van der Waals surface area contributed by atoms with E-state index in [2.05, 4.69) is 31.0 Å². The second-order valence-corrected chi connectivity index (χ2v) is 8.88. The van der Waals surface area contributed by atoms with Crippen LogP contribution in [0.15, 0.2) is 54.9 Å². The third-order valence-corrected chi connectivity index (χ3v) is 5.17. The number of para-hydroxylation sites is 2. The maximum absolute atomic E-state index is 12.4. The molecule has 0 atom stereocenters. The lowest BCUT2D eigenvalue weighted by atomic mass is 10.1. The van der Waals surface area contributed by atoms with Crippen LogP contribution in [-0.2, 0) is 16.1 Å². The highest BCUT2D eigenvalue weighted by Crippen LogP contribution is 2.15. The summed E-state index contributed by atoms with van der Waals surface area (Å²) in [5.41, 5.74) is 3.68. The summed E-state index contributed by atoms with van der Waals surface area (Å²) in [5, 5.41) is 6.44. The van der Waals surface area contributed by atoms with Gasteiger partial charge in [-0.1, -0.05) is 24.3 Å². The summed E-state index contributed by atoms with van der Waals surface area (Å²) in [6.45, 7) is 8.62. The van der Waals surface area contributed by atoms with E-state index >= 15 is 0 Å². The molecule has 1 aliphatic rings. The van der Waals surface area contributed by atoms with E-state index in [0.29, 0.717) is 6.47 Å². The molecule has 0 radical (unpaired) electrons. The number of benzene rings is 2. The number of nitrogens with one attached hydrogen (secondary N) is 2. The van der Waals surface area contributed by atoms with Gasteiger partial charge < -0.3 is 19.9 Å². The van der Waals surface area contributed by atoms with Gasteiger partial charge in [0.25, 0.3) is 12.4 Å². The SMILES string of the molecule is CC(C)(C)OC=O.O=C(NC1CCNCC1)c1ccc(Cn2cnc3ccccc32)cc1. The molecule has 170 valence electrons. The van der Waals surface area contributed by atoms with Gasteiger partial charge in [-0.2, -0.15) is 0 Å². The zero-order valence-electron chi connectivity index (χ0n) is 19.0. The van der Waals surface area contributed by atoms with E-state index < -0.39 is 0 Å². The van der Waals surface area contributed by atoms with E-state index in [-0.39, 0.29) is 17.6 Å². The smallest absolute Gasteiger partial charge is 0.293 e. The van der Waals surface area contributed by atoms with E-state index in [0.717, 1.165) is 54.6 Å². The molecule has 1 aliphatic heterocycles. The van der Waals surface area contributed by atoms with Gasteiger partial charge in [-0.05, 0) is 76.5 Å². The highest BCUT2D eigenvalue weighted by atomic mass is 16.5. The van der Waals surface area contributed by atoms with Crippen molar-refractivity contribution in [2.75, 3.05) is 13.1 Å². The number of ether oxygens (including phenoxy) is 1. The predicted molar refractivity (Wildman–Crippen MR) is 126 cm³/mol. The summed E-state index contributed by atoms with van der Waals surface area (Å²) in [6, 6.07) is 16.2. The third-order valence-electron chi connectivity index (χ3n) is 5.17. The first-order valence-corrected chi connectivity index (χ1v) is 11.0. The van der Waals surface area contributed by atoms with Crippen molar-refractivity contribution >= 4 is 23.4 Å². The van der Waals surface area contributed by atoms with E-state index in [9.17, 15) is 9.59 Å². The largest absolute Gasteiger partial charge is 0.462 e. The lowest BCUT2D eigenvalue weighted by Crippen LogP contribution is -2.42. The second kappa shape index (κ2) is 10.9. The number of fused-ring (bicyclic) bond motifs is 1. The lowest BCUT2D eigenvalue weighted by molar-refractivity contribution is -0.138. The average Bonchev–Trinajstić information content (AvgIpc) is 3.17. The van der Waals surface area contributed by atoms with E-state index in [1.807, 2.05) is 69.6 Å². The van der Waals surface area contributed by atoms with Gasteiger partial charge >= 0.3 is 0 Å². The number of carbonyl (C=O) groups excluding carboxylic acids is 2. The molecule has 1 saturated heterocycles. The topological polar surface area (TPSA) is 85.3 Å². The quantitative estimate of drug-likeness (QED) is 0.598. The van der Waals surface area contributed by atoms with Crippen LogP contribution in [0.1, 0.15) is 49.5 Å². The van der Waals surface area contributed by atoms with Crippen molar-refractivity contribution in [3.05, 3.63) is 66.0 Å². The Balaban J connectivity index is 0.000000360. The van der Waals surface area contributed by atoms with E-state index in [1.165, 1.54) is 0 Å². The van der Waals surface area contributed by atoms with Crippen LogP contribution in [-0.4, -0.2) is 46.7 Å². The zero-order valence-corrected chi connectivity index (χ0v) is 19.0. The molecule has 7 nitrogen and oxygen atoms in total. The number of piperidine rings is 1. The number of rotatable bonds is 5. The Morgan fingerprint density at radius 3 is 2.47 bits per heavy atom. The van der Waals surface area contributed by atoms with Gasteiger partial charge in [0, 0.05) is 18.2 Å². The number of hydrogen-bond acceptors (Lipinski definition) is 5. The second-order valence-electron chi connectivity index (χ2n) is 8.88. The molecule has 1 fully saturated rings. The Morgan fingerprint density at radius 2 is 1.84 bits per heavy atom. The van der Waals surface area contributed by atoms with E-state index in [1.54, 1.807) is 0 Å². The first-order chi connectivity index (χ1) is 15.4. The fourth-order valence-electron chi connectivity index (χ4n) is 3.47. The minimum absolute atomic E-state index is 0.0199. The Hall–Kier alpha value is -3.19. The fourth-order valence-corrected chi connectivity index (χ4v) is 3.47. The molecule has 1 amide bonds. The molecule has 0 aliphatic carbocycles. The summed E-state index contributed by atoms with van der Waals surface area (Å²) in [6.07, 6.45) is 3.86.